The monoisotopic (exact) mass is 278 g/mol. The highest BCUT2D eigenvalue weighted by atomic mass is 16.1. The van der Waals surface area contributed by atoms with Gasteiger partial charge in [0, 0.05) is 6.54 Å². The van der Waals surface area contributed by atoms with Crippen molar-refractivity contribution in [2.75, 3.05) is 6.54 Å². The van der Waals surface area contributed by atoms with Crippen LogP contribution < -0.4 is 5.32 Å². The minimum absolute atomic E-state index is 0.239. The van der Waals surface area contributed by atoms with Crippen molar-refractivity contribution in [3.63, 3.8) is 0 Å². The average molecular weight is 278 g/mol. The van der Waals surface area contributed by atoms with Crippen LogP contribution in [-0.4, -0.2) is 12.5 Å². The maximum Gasteiger partial charge on any atom is 0.241 e. The number of amides is 1. The lowest BCUT2D eigenvalue weighted by Gasteiger charge is -2.10. The standard InChI is InChI=1S/C18H18N2O/c1-14-6-5-7-15(12-14)10-11-20-18(21)17(13-19)16-8-3-2-4-9-16/h2-9,12,17H,10-11H2,1H3,(H,20,21). The normalized spacial score (nSPS) is 11.4. The van der Waals surface area contributed by atoms with E-state index in [4.69, 9.17) is 0 Å². The molecule has 0 fully saturated rings. The van der Waals surface area contributed by atoms with Crippen molar-refractivity contribution in [2.24, 2.45) is 0 Å². The van der Waals surface area contributed by atoms with E-state index < -0.39 is 5.92 Å². The molecule has 106 valence electrons. The van der Waals surface area contributed by atoms with Gasteiger partial charge in [-0.2, -0.15) is 5.26 Å². The molecule has 1 amide bonds. The van der Waals surface area contributed by atoms with Gasteiger partial charge in [0.1, 0.15) is 5.92 Å². The second-order valence-corrected chi connectivity index (χ2v) is 5.00. The number of carbonyl (C=O) groups excluding carboxylic acids is 1. The lowest BCUT2D eigenvalue weighted by Crippen LogP contribution is -2.30. The van der Waals surface area contributed by atoms with E-state index in [1.165, 1.54) is 11.1 Å². The minimum Gasteiger partial charge on any atom is -0.354 e. The Morgan fingerprint density at radius 2 is 1.95 bits per heavy atom. The lowest BCUT2D eigenvalue weighted by molar-refractivity contribution is -0.121. The van der Waals surface area contributed by atoms with Gasteiger partial charge >= 0.3 is 0 Å². The summed E-state index contributed by atoms with van der Waals surface area (Å²) in [6.45, 7) is 2.58. The molecule has 1 unspecified atom stereocenters. The van der Waals surface area contributed by atoms with Crippen LogP contribution in [0.2, 0.25) is 0 Å². The molecule has 0 saturated carbocycles. The topological polar surface area (TPSA) is 52.9 Å². The van der Waals surface area contributed by atoms with Crippen molar-refractivity contribution in [1.29, 1.82) is 5.26 Å². The minimum atomic E-state index is -0.747. The van der Waals surface area contributed by atoms with Gasteiger partial charge in [-0.1, -0.05) is 60.2 Å². The van der Waals surface area contributed by atoms with Crippen molar-refractivity contribution in [1.82, 2.24) is 5.32 Å². The van der Waals surface area contributed by atoms with Gasteiger partial charge in [-0.15, -0.1) is 0 Å². The highest BCUT2D eigenvalue weighted by Crippen LogP contribution is 2.14. The van der Waals surface area contributed by atoms with Crippen molar-refractivity contribution < 1.29 is 4.79 Å². The second-order valence-electron chi connectivity index (χ2n) is 5.00. The highest BCUT2D eigenvalue weighted by Gasteiger charge is 2.19. The molecule has 2 rings (SSSR count). The Hall–Kier alpha value is -2.60. The molecule has 0 aliphatic heterocycles. The number of carbonyl (C=O) groups is 1. The maximum atomic E-state index is 12.1. The van der Waals surface area contributed by atoms with Crippen molar-refractivity contribution >= 4 is 5.91 Å². The van der Waals surface area contributed by atoms with Gasteiger partial charge in [-0.3, -0.25) is 4.79 Å². The number of nitriles is 1. The Bertz CT molecular complexity index is 644. The van der Waals surface area contributed by atoms with Gasteiger partial charge in [0.05, 0.1) is 6.07 Å². The van der Waals surface area contributed by atoms with Gasteiger partial charge in [0.2, 0.25) is 5.91 Å². The Morgan fingerprint density at radius 3 is 2.62 bits per heavy atom. The number of nitrogens with one attached hydrogen (secondary N) is 1. The van der Waals surface area contributed by atoms with E-state index in [0.717, 1.165) is 12.0 Å². The zero-order valence-corrected chi connectivity index (χ0v) is 12.0. The van der Waals surface area contributed by atoms with E-state index in [-0.39, 0.29) is 5.91 Å². The zero-order chi connectivity index (χ0) is 15.1. The van der Waals surface area contributed by atoms with E-state index in [2.05, 4.69) is 17.5 Å². The summed E-state index contributed by atoms with van der Waals surface area (Å²) < 4.78 is 0. The number of hydrogen-bond donors (Lipinski definition) is 1. The number of aryl methyl sites for hydroxylation is 1. The predicted molar refractivity (Wildman–Crippen MR) is 82.7 cm³/mol. The van der Waals surface area contributed by atoms with Crippen LogP contribution in [0.15, 0.2) is 54.6 Å². The maximum absolute atomic E-state index is 12.1. The Morgan fingerprint density at radius 1 is 1.19 bits per heavy atom. The summed E-state index contributed by atoms with van der Waals surface area (Å²) >= 11 is 0. The fourth-order valence-electron chi connectivity index (χ4n) is 2.23. The van der Waals surface area contributed by atoms with Crippen LogP contribution >= 0.6 is 0 Å². The fourth-order valence-corrected chi connectivity index (χ4v) is 2.23. The van der Waals surface area contributed by atoms with Crippen LogP contribution in [0, 0.1) is 18.3 Å². The quantitative estimate of drug-likeness (QED) is 0.914. The van der Waals surface area contributed by atoms with Gasteiger partial charge in [0.25, 0.3) is 0 Å². The van der Waals surface area contributed by atoms with Crippen LogP contribution in [-0.2, 0) is 11.2 Å². The molecule has 0 radical (unpaired) electrons. The first-order valence-corrected chi connectivity index (χ1v) is 6.98. The summed E-state index contributed by atoms with van der Waals surface area (Å²) in [7, 11) is 0. The number of benzene rings is 2. The summed E-state index contributed by atoms with van der Waals surface area (Å²) in [5.74, 6) is -0.986. The van der Waals surface area contributed by atoms with E-state index >= 15 is 0 Å². The Labute approximate surface area is 125 Å². The third kappa shape index (κ3) is 4.19. The molecule has 2 aromatic rings. The number of rotatable bonds is 5. The van der Waals surface area contributed by atoms with E-state index in [1.54, 1.807) is 12.1 Å². The molecule has 2 aromatic carbocycles. The summed E-state index contributed by atoms with van der Waals surface area (Å²) in [5.41, 5.74) is 3.12. The molecular weight excluding hydrogens is 260 g/mol. The smallest absolute Gasteiger partial charge is 0.241 e. The van der Waals surface area contributed by atoms with Crippen LogP contribution in [0.25, 0.3) is 0 Å². The van der Waals surface area contributed by atoms with Crippen LogP contribution in [0.1, 0.15) is 22.6 Å². The largest absolute Gasteiger partial charge is 0.354 e. The van der Waals surface area contributed by atoms with Gasteiger partial charge in [-0.05, 0) is 24.5 Å². The van der Waals surface area contributed by atoms with Crippen LogP contribution in [0.3, 0.4) is 0 Å². The molecule has 0 aliphatic rings. The van der Waals surface area contributed by atoms with Crippen molar-refractivity contribution in [3.8, 4) is 6.07 Å². The highest BCUT2D eigenvalue weighted by molar-refractivity contribution is 5.86. The first-order valence-electron chi connectivity index (χ1n) is 6.98. The van der Waals surface area contributed by atoms with Crippen LogP contribution in [0.4, 0.5) is 0 Å². The van der Waals surface area contributed by atoms with Crippen molar-refractivity contribution in [2.45, 2.75) is 19.3 Å². The molecule has 3 nitrogen and oxygen atoms in total. The summed E-state index contributed by atoms with van der Waals surface area (Å²) in [5, 5.41) is 12.0. The first-order chi connectivity index (χ1) is 10.2. The van der Waals surface area contributed by atoms with Gasteiger partial charge in [-0.25, -0.2) is 0 Å². The molecule has 1 atom stereocenters. The molecule has 21 heavy (non-hydrogen) atoms. The second kappa shape index (κ2) is 7.25. The SMILES string of the molecule is Cc1cccc(CCNC(=O)C(C#N)c2ccccc2)c1. The molecule has 0 heterocycles. The molecule has 0 aromatic heterocycles. The van der Waals surface area contributed by atoms with E-state index in [9.17, 15) is 10.1 Å². The third-order valence-corrected chi connectivity index (χ3v) is 3.32. The number of nitrogens with zero attached hydrogens (tertiary/aromatic N) is 1. The molecule has 0 bridgehead atoms. The molecule has 1 N–H and O–H groups in total. The zero-order valence-electron chi connectivity index (χ0n) is 12.0. The lowest BCUT2D eigenvalue weighted by atomic mass is 10.00. The van der Waals surface area contributed by atoms with E-state index in [1.807, 2.05) is 43.3 Å². The van der Waals surface area contributed by atoms with Crippen LogP contribution in [0.5, 0.6) is 0 Å². The summed E-state index contributed by atoms with van der Waals surface area (Å²) in [6, 6.07) is 19.4. The third-order valence-electron chi connectivity index (χ3n) is 3.32. The fraction of sp³-hybridized carbons (Fsp3) is 0.222. The average Bonchev–Trinajstić information content (AvgIpc) is 2.49. The molecular formula is C18H18N2O. The summed E-state index contributed by atoms with van der Waals surface area (Å²) in [4.78, 5) is 12.1. The molecule has 0 aliphatic carbocycles. The van der Waals surface area contributed by atoms with Gasteiger partial charge < -0.3 is 5.32 Å². The summed E-state index contributed by atoms with van der Waals surface area (Å²) in [6.07, 6.45) is 0.764. The van der Waals surface area contributed by atoms with Crippen molar-refractivity contribution in [3.05, 3.63) is 71.3 Å². The Balaban J connectivity index is 1.91. The first kappa shape index (κ1) is 14.8. The van der Waals surface area contributed by atoms with E-state index in [0.29, 0.717) is 6.54 Å². The molecule has 0 saturated heterocycles. The van der Waals surface area contributed by atoms with Gasteiger partial charge in [0.15, 0.2) is 0 Å². The molecule has 0 spiro atoms. The molecule has 3 heteroatoms. The predicted octanol–water partition coefficient (Wildman–Crippen LogP) is 2.96. The number of hydrogen-bond acceptors (Lipinski definition) is 2. The Kier molecular flexibility index (Phi) is 5.11.